The van der Waals surface area contributed by atoms with Crippen molar-refractivity contribution in [3.63, 3.8) is 0 Å². The molecule has 0 fully saturated rings. The van der Waals surface area contributed by atoms with Gasteiger partial charge in [-0.15, -0.1) is 0 Å². The number of fused-ring (bicyclic) bond motifs is 1. The first-order valence-corrected chi connectivity index (χ1v) is 9.76. The molecule has 24 heavy (non-hydrogen) atoms. The molecular weight excluding hydrogens is 322 g/mol. The average molecular weight is 345 g/mol. The summed E-state index contributed by atoms with van der Waals surface area (Å²) < 4.78 is 27.9. The maximum Gasteiger partial charge on any atom is 0.263 e. The van der Waals surface area contributed by atoms with Crippen LogP contribution in [0.25, 0.3) is 0 Å². The van der Waals surface area contributed by atoms with Crippen molar-refractivity contribution in [3.8, 4) is 0 Å². The van der Waals surface area contributed by atoms with Crippen molar-refractivity contribution in [2.75, 3.05) is 11.3 Å². The Hall–Kier alpha value is -1.92. The Balaban J connectivity index is 1.82. The topological polar surface area (TPSA) is 62.3 Å². The van der Waals surface area contributed by atoms with Crippen LogP contribution in [0.4, 0.5) is 5.69 Å². The summed E-state index contributed by atoms with van der Waals surface area (Å²) in [5, 5.41) is 0. The van der Waals surface area contributed by atoms with Gasteiger partial charge >= 0.3 is 0 Å². The van der Waals surface area contributed by atoms with Gasteiger partial charge in [-0.05, 0) is 49.2 Å². The molecule has 0 bridgehead atoms. The second kappa shape index (κ2) is 6.91. The standard InChI is InChI=1S/C18H23N3O2S/c1-3-4-10-21-12-15-6-5-7-18(17(15)13-21)20-24(22,23)16-9-8-14(2)19-11-16/h5-9,11,20H,3-4,10,12-13H2,1-2H3. The SMILES string of the molecule is CCCCN1Cc2cccc(NS(=O)(=O)c3ccc(C)nc3)c2C1. The van der Waals surface area contributed by atoms with Crippen LogP contribution in [0.3, 0.4) is 0 Å². The molecule has 0 radical (unpaired) electrons. The van der Waals surface area contributed by atoms with Crippen molar-refractivity contribution >= 4 is 15.7 Å². The second-order valence-electron chi connectivity index (χ2n) is 6.25. The zero-order chi connectivity index (χ0) is 17.2. The van der Waals surface area contributed by atoms with Gasteiger partial charge in [0.05, 0.1) is 5.69 Å². The maximum atomic E-state index is 12.6. The second-order valence-corrected chi connectivity index (χ2v) is 7.93. The van der Waals surface area contributed by atoms with Gasteiger partial charge < -0.3 is 0 Å². The van der Waals surface area contributed by atoms with Crippen LogP contribution < -0.4 is 4.72 Å². The number of pyridine rings is 1. The summed E-state index contributed by atoms with van der Waals surface area (Å²) in [6.07, 6.45) is 3.71. The summed E-state index contributed by atoms with van der Waals surface area (Å²) in [4.78, 5) is 6.63. The van der Waals surface area contributed by atoms with Gasteiger partial charge in [-0.25, -0.2) is 8.42 Å². The van der Waals surface area contributed by atoms with E-state index in [4.69, 9.17) is 0 Å². The Labute approximate surface area is 143 Å². The highest BCUT2D eigenvalue weighted by Gasteiger charge is 2.23. The number of nitrogens with one attached hydrogen (secondary N) is 1. The highest BCUT2D eigenvalue weighted by atomic mass is 32.2. The zero-order valence-corrected chi connectivity index (χ0v) is 14.9. The lowest BCUT2D eigenvalue weighted by atomic mass is 10.1. The van der Waals surface area contributed by atoms with E-state index in [0.717, 1.165) is 43.7 Å². The maximum absolute atomic E-state index is 12.6. The third kappa shape index (κ3) is 3.60. The van der Waals surface area contributed by atoms with Gasteiger partial charge in [-0.3, -0.25) is 14.6 Å². The fourth-order valence-corrected chi connectivity index (χ4v) is 3.98. The van der Waals surface area contributed by atoms with Gasteiger partial charge in [0.15, 0.2) is 0 Å². The molecule has 1 aromatic heterocycles. The van der Waals surface area contributed by atoms with E-state index in [9.17, 15) is 8.42 Å². The van der Waals surface area contributed by atoms with Crippen LogP contribution >= 0.6 is 0 Å². The molecule has 0 amide bonds. The number of aryl methyl sites for hydroxylation is 1. The van der Waals surface area contributed by atoms with E-state index in [2.05, 4.69) is 27.6 Å². The van der Waals surface area contributed by atoms with Gasteiger partial charge in [-0.2, -0.15) is 0 Å². The first-order chi connectivity index (χ1) is 11.5. The van der Waals surface area contributed by atoms with Crippen LogP contribution in [0, 0.1) is 6.92 Å². The fourth-order valence-electron chi connectivity index (χ4n) is 2.94. The molecular formula is C18H23N3O2S. The Morgan fingerprint density at radius 2 is 2.04 bits per heavy atom. The van der Waals surface area contributed by atoms with E-state index in [-0.39, 0.29) is 4.90 Å². The number of rotatable bonds is 6. The van der Waals surface area contributed by atoms with Crippen LogP contribution in [0.5, 0.6) is 0 Å². The average Bonchev–Trinajstić information content (AvgIpc) is 2.97. The van der Waals surface area contributed by atoms with Crippen LogP contribution in [0.15, 0.2) is 41.4 Å². The Kier molecular flexibility index (Phi) is 4.87. The van der Waals surface area contributed by atoms with Crippen LogP contribution in [0.1, 0.15) is 36.6 Å². The highest BCUT2D eigenvalue weighted by molar-refractivity contribution is 7.92. The Morgan fingerprint density at radius 3 is 2.75 bits per heavy atom. The van der Waals surface area contributed by atoms with Crippen LogP contribution in [-0.2, 0) is 23.1 Å². The molecule has 6 heteroatoms. The molecule has 3 rings (SSSR count). The molecule has 0 saturated carbocycles. The molecule has 0 aliphatic carbocycles. The quantitative estimate of drug-likeness (QED) is 0.872. The molecule has 128 valence electrons. The summed E-state index contributed by atoms with van der Waals surface area (Å²) in [6, 6.07) is 9.11. The van der Waals surface area contributed by atoms with Crippen molar-refractivity contribution in [3.05, 3.63) is 53.3 Å². The van der Waals surface area contributed by atoms with E-state index in [1.54, 1.807) is 12.1 Å². The predicted octanol–water partition coefficient (Wildman–Crippen LogP) is 3.31. The van der Waals surface area contributed by atoms with Gasteiger partial charge in [0.25, 0.3) is 10.0 Å². The number of nitrogens with zero attached hydrogens (tertiary/aromatic N) is 2. The number of benzene rings is 1. The van der Waals surface area contributed by atoms with Gasteiger partial charge in [-0.1, -0.05) is 25.5 Å². The third-order valence-corrected chi connectivity index (χ3v) is 5.67. The lowest BCUT2D eigenvalue weighted by Crippen LogP contribution is -2.18. The minimum atomic E-state index is -3.62. The third-order valence-electron chi connectivity index (χ3n) is 4.32. The zero-order valence-electron chi connectivity index (χ0n) is 14.1. The largest absolute Gasteiger partial charge is 0.295 e. The molecule has 1 aromatic carbocycles. The van der Waals surface area contributed by atoms with E-state index >= 15 is 0 Å². The molecule has 0 spiro atoms. The summed E-state index contributed by atoms with van der Waals surface area (Å²) in [5.41, 5.74) is 3.75. The molecule has 1 N–H and O–H groups in total. The van der Waals surface area contributed by atoms with Crippen molar-refractivity contribution < 1.29 is 8.42 Å². The number of aromatic nitrogens is 1. The summed E-state index contributed by atoms with van der Waals surface area (Å²) in [6.45, 7) is 6.73. The molecule has 0 saturated heterocycles. The minimum Gasteiger partial charge on any atom is -0.295 e. The normalized spacial score (nSPS) is 14.6. The van der Waals surface area contributed by atoms with Gasteiger partial charge in [0, 0.05) is 25.0 Å². The molecule has 2 heterocycles. The molecule has 1 aliphatic heterocycles. The highest BCUT2D eigenvalue weighted by Crippen LogP contribution is 2.30. The van der Waals surface area contributed by atoms with Crippen molar-refractivity contribution in [2.24, 2.45) is 0 Å². The van der Waals surface area contributed by atoms with Gasteiger partial charge in [0.2, 0.25) is 0 Å². The molecule has 1 aliphatic rings. The number of sulfonamides is 1. The van der Waals surface area contributed by atoms with E-state index in [0.29, 0.717) is 5.69 Å². The number of hydrogen-bond donors (Lipinski definition) is 1. The molecule has 0 unspecified atom stereocenters. The summed E-state index contributed by atoms with van der Waals surface area (Å²) >= 11 is 0. The Morgan fingerprint density at radius 1 is 1.21 bits per heavy atom. The predicted molar refractivity (Wildman–Crippen MR) is 95.2 cm³/mol. The van der Waals surface area contributed by atoms with Crippen molar-refractivity contribution in [1.29, 1.82) is 0 Å². The number of hydrogen-bond acceptors (Lipinski definition) is 4. The van der Waals surface area contributed by atoms with E-state index < -0.39 is 10.0 Å². The van der Waals surface area contributed by atoms with Crippen LogP contribution in [-0.4, -0.2) is 24.8 Å². The van der Waals surface area contributed by atoms with Crippen molar-refractivity contribution in [1.82, 2.24) is 9.88 Å². The van der Waals surface area contributed by atoms with E-state index in [1.807, 2.05) is 19.1 Å². The lowest BCUT2D eigenvalue weighted by Gasteiger charge is -2.14. The van der Waals surface area contributed by atoms with E-state index in [1.165, 1.54) is 11.8 Å². The summed E-state index contributed by atoms with van der Waals surface area (Å²) in [5.74, 6) is 0. The molecule has 2 aromatic rings. The first-order valence-electron chi connectivity index (χ1n) is 8.28. The first kappa shape index (κ1) is 16.9. The minimum absolute atomic E-state index is 0.187. The monoisotopic (exact) mass is 345 g/mol. The number of unbranched alkanes of at least 4 members (excludes halogenated alkanes) is 1. The number of anilines is 1. The fraction of sp³-hybridized carbons (Fsp3) is 0.389. The molecule has 5 nitrogen and oxygen atoms in total. The summed E-state index contributed by atoms with van der Waals surface area (Å²) in [7, 11) is -3.62. The van der Waals surface area contributed by atoms with Gasteiger partial charge in [0.1, 0.15) is 4.90 Å². The molecule has 0 atom stereocenters. The van der Waals surface area contributed by atoms with Crippen LogP contribution in [0.2, 0.25) is 0 Å². The van der Waals surface area contributed by atoms with Crippen molar-refractivity contribution in [2.45, 2.75) is 44.7 Å². The smallest absolute Gasteiger partial charge is 0.263 e. The Bertz CT molecular complexity index is 817. The lowest BCUT2D eigenvalue weighted by molar-refractivity contribution is 0.279.